The Morgan fingerprint density at radius 3 is 2.59 bits per heavy atom. The number of rotatable bonds is 4. The summed E-state index contributed by atoms with van der Waals surface area (Å²) in [6.45, 7) is 1.32. The zero-order valence-corrected chi connectivity index (χ0v) is 16.9. The number of esters is 1. The number of amides is 1. The van der Waals surface area contributed by atoms with Crippen molar-refractivity contribution in [3.63, 3.8) is 0 Å². The van der Waals surface area contributed by atoms with Crippen molar-refractivity contribution in [1.29, 1.82) is 0 Å². The Hall–Kier alpha value is -2.58. The number of amidine groups is 1. The van der Waals surface area contributed by atoms with Crippen LogP contribution in [0.15, 0.2) is 56.8 Å². The fraction of sp³-hybridized carbons (Fsp3) is 0.105. The number of aliphatic imine (C=N–C) groups is 1. The Kier molecular flexibility index (Phi) is 5.98. The van der Waals surface area contributed by atoms with E-state index in [0.717, 1.165) is 15.7 Å². The van der Waals surface area contributed by atoms with E-state index in [1.54, 1.807) is 24.3 Å². The maximum Gasteiger partial charge on any atom is 0.308 e. The molecule has 1 aliphatic heterocycles. The lowest BCUT2D eigenvalue weighted by Crippen LogP contribution is -2.19. The van der Waals surface area contributed by atoms with Crippen molar-refractivity contribution in [3.05, 3.63) is 57.4 Å². The van der Waals surface area contributed by atoms with Gasteiger partial charge in [-0.3, -0.25) is 9.59 Å². The molecule has 2 aromatic carbocycles. The molecule has 8 heteroatoms. The molecule has 0 bridgehead atoms. The van der Waals surface area contributed by atoms with Gasteiger partial charge >= 0.3 is 5.97 Å². The highest BCUT2D eigenvalue weighted by Crippen LogP contribution is 2.32. The molecule has 1 fully saturated rings. The lowest BCUT2D eigenvalue weighted by molar-refractivity contribution is -0.132. The van der Waals surface area contributed by atoms with E-state index in [1.165, 1.54) is 25.8 Å². The summed E-state index contributed by atoms with van der Waals surface area (Å²) < 4.78 is 11.3. The molecule has 138 valence electrons. The Balaban J connectivity index is 1.81. The number of hydrogen-bond acceptors (Lipinski definition) is 6. The molecule has 6 nitrogen and oxygen atoms in total. The number of hydrogen-bond donors (Lipinski definition) is 1. The third-order valence-electron chi connectivity index (χ3n) is 3.45. The number of benzene rings is 2. The number of methoxy groups -OCH3 is 1. The molecule has 0 aromatic heterocycles. The number of nitrogens with one attached hydrogen (secondary N) is 1. The van der Waals surface area contributed by atoms with Gasteiger partial charge in [0.05, 0.1) is 17.7 Å². The minimum absolute atomic E-state index is 0.223. The minimum atomic E-state index is -0.432. The van der Waals surface area contributed by atoms with Crippen LogP contribution in [0.25, 0.3) is 6.08 Å². The van der Waals surface area contributed by atoms with E-state index in [2.05, 4.69) is 26.2 Å². The van der Waals surface area contributed by atoms with E-state index in [9.17, 15) is 9.59 Å². The van der Waals surface area contributed by atoms with Crippen LogP contribution in [-0.4, -0.2) is 24.2 Å². The molecule has 1 saturated heterocycles. The van der Waals surface area contributed by atoms with Crippen LogP contribution in [0, 0.1) is 0 Å². The molecule has 2 aromatic rings. The number of nitrogens with zero attached hydrogens (tertiary/aromatic N) is 1. The summed E-state index contributed by atoms with van der Waals surface area (Å²) in [4.78, 5) is 28.3. The van der Waals surface area contributed by atoms with E-state index >= 15 is 0 Å². The van der Waals surface area contributed by atoms with Crippen molar-refractivity contribution in [2.24, 2.45) is 4.99 Å². The SMILES string of the molecule is COc1cc(/C=C2\SC(=Nc3ccc(Br)cc3)NC2=O)ccc1OC(C)=O. The number of carbonyl (C=O) groups is 2. The monoisotopic (exact) mass is 446 g/mol. The summed E-state index contributed by atoms with van der Waals surface area (Å²) >= 11 is 4.63. The maximum absolute atomic E-state index is 12.2. The first-order valence-electron chi connectivity index (χ1n) is 7.86. The van der Waals surface area contributed by atoms with Crippen LogP contribution in [0.3, 0.4) is 0 Å². The molecule has 0 radical (unpaired) electrons. The molecule has 1 aliphatic rings. The van der Waals surface area contributed by atoms with Gasteiger partial charge in [-0.2, -0.15) is 0 Å². The van der Waals surface area contributed by atoms with E-state index < -0.39 is 5.97 Å². The third-order valence-corrected chi connectivity index (χ3v) is 4.89. The highest BCUT2D eigenvalue weighted by Gasteiger charge is 2.24. The van der Waals surface area contributed by atoms with E-state index in [1.807, 2.05) is 24.3 Å². The highest BCUT2D eigenvalue weighted by molar-refractivity contribution is 9.10. The summed E-state index contributed by atoms with van der Waals surface area (Å²) in [5, 5.41) is 3.26. The lowest BCUT2D eigenvalue weighted by atomic mass is 10.2. The van der Waals surface area contributed by atoms with Crippen molar-refractivity contribution in [3.8, 4) is 11.5 Å². The van der Waals surface area contributed by atoms with Crippen molar-refractivity contribution in [2.75, 3.05) is 7.11 Å². The van der Waals surface area contributed by atoms with Gasteiger partial charge in [-0.15, -0.1) is 0 Å². The fourth-order valence-electron chi connectivity index (χ4n) is 2.28. The van der Waals surface area contributed by atoms with Crippen LogP contribution in [0.4, 0.5) is 5.69 Å². The molecule has 0 unspecified atom stereocenters. The fourth-order valence-corrected chi connectivity index (χ4v) is 3.38. The van der Waals surface area contributed by atoms with Gasteiger partial charge in [0.15, 0.2) is 16.7 Å². The second kappa shape index (κ2) is 8.41. The lowest BCUT2D eigenvalue weighted by Gasteiger charge is -2.08. The van der Waals surface area contributed by atoms with Gasteiger partial charge in [-0.1, -0.05) is 22.0 Å². The van der Waals surface area contributed by atoms with E-state index in [0.29, 0.717) is 21.6 Å². The summed E-state index contributed by atoms with van der Waals surface area (Å²) in [6.07, 6.45) is 1.73. The Morgan fingerprint density at radius 1 is 1.19 bits per heavy atom. The van der Waals surface area contributed by atoms with Gasteiger partial charge in [0.2, 0.25) is 0 Å². The summed E-state index contributed by atoms with van der Waals surface area (Å²) in [5.41, 5.74) is 1.49. The zero-order valence-electron chi connectivity index (χ0n) is 14.5. The van der Waals surface area contributed by atoms with Crippen LogP contribution < -0.4 is 14.8 Å². The van der Waals surface area contributed by atoms with Crippen LogP contribution in [0.2, 0.25) is 0 Å². The molecular weight excluding hydrogens is 432 g/mol. The van der Waals surface area contributed by atoms with Gasteiger partial charge in [0.1, 0.15) is 0 Å². The predicted octanol–water partition coefficient (Wildman–Crippen LogP) is 4.27. The molecule has 27 heavy (non-hydrogen) atoms. The standard InChI is InChI=1S/C19H15BrN2O4S/c1-11(23)26-15-8-3-12(9-16(15)25-2)10-17-18(24)22-19(27-17)21-14-6-4-13(20)5-7-14/h3-10H,1-2H3,(H,21,22,24)/b17-10-. The van der Waals surface area contributed by atoms with Gasteiger partial charge in [-0.25, -0.2) is 4.99 Å². The number of halogens is 1. The van der Waals surface area contributed by atoms with Crippen molar-refractivity contribution >= 4 is 56.5 Å². The predicted molar refractivity (Wildman–Crippen MR) is 109 cm³/mol. The zero-order chi connectivity index (χ0) is 19.4. The van der Waals surface area contributed by atoms with Crippen LogP contribution in [0.5, 0.6) is 11.5 Å². The topological polar surface area (TPSA) is 77.0 Å². The van der Waals surface area contributed by atoms with Gasteiger partial charge in [0.25, 0.3) is 5.91 Å². The first-order valence-corrected chi connectivity index (χ1v) is 9.47. The molecule has 0 aliphatic carbocycles. The van der Waals surface area contributed by atoms with Gasteiger partial charge < -0.3 is 14.8 Å². The van der Waals surface area contributed by atoms with Crippen molar-refractivity contribution in [2.45, 2.75) is 6.92 Å². The van der Waals surface area contributed by atoms with Crippen molar-refractivity contribution < 1.29 is 19.1 Å². The second-order valence-electron chi connectivity index (χ2n) is 5.46. The Bertz CT molecular complexity index is 955. The smallest absolute Gasteiger partial charge is 0.308 e. The molecule has 0 spiro atoms. The summed E-state index contributed by atoms with van der Waals surface area (Å²) in [6, 6.07) is 12.5. The van der Waals surface area contributed by atoms with E-state index in [-0.39, 0.29) is 5.91 Å². The average molecular weight is 447 g/mol. The Morgan fingerprint density at radius 2 is 1.93 bits per heavy atom. The number of thioether (sulfide) groups is 1. The first-order chi connectivity index (χ1) is 12.9. The first kappa shape index (κ1) is 19.2. The van der Waals surface area contributed by atoms with E-state index in [4.69, 9.17) is 9.47 Å². The molecular formula is C19H15BrN2O4S. The average Bonchev–Trinajstić information content (AvgIpc) is 2.97. The normalized spacial score (nSPS) is 16.5. The molecule has 1 N–H and O–H groups in total. The Labute approximate surface area is 168 Å². The third kappa shape index (κ3) is 4.99. The van der Waals surface area contributed by atoms with Crippen molar-refractivity contribution in [1.82, 2.24) is 5.32 Å². The van der Waals surface area contributed by atoms with Gasteiger partial charge in [-0.05, 0) is 59.8 Å². The maximum atomic E-state index is 12.2. The second-order valence-corrected chi connectivity index (χ2v) is 7.41. The van der Waals surface area contributed by atoms with Crippen LogP contribution in [0.1, 0.15) is 12.5 Å². The van der Waals surface area contributed by atoms with Crippen LogP contribution in [-0.2, 0) is 9.59 Å². The highest BCUT2D eigenvalue weighted by atomic mass is 79.9. The molecule has 0 atom stereocenters. The molecule has 0 saturated carbocycles. The molecule has 3 rings (SSSR count). The number of carbonyl (C=O) groups excluding carboxylic acids is 2. The largest absolute Gasteiger partial charge is 0.493 e. The molecule has 1 amide bonds. The summed E-state index contributed by atoms with van der Waals surface area (Å²) in [5.74, 6) is 0.0812. The quantitative estimate of drug-likeness (QED) is 0.430. The van der Waals surface area contributed by atoms with Crippen LogP contribution >= 0.6 is 27.7 Å². The molecule has 1 heterocycles. The van der Waals surface area contributed by atoms with Gasteiger partial charge in [0, 0.05) is 11.4 Å². The summed E-state index contributed by atoms with van der Waals surface area (Å²) in [7, 11) is 1.49. The number of ether oxygens (including phenoxy) is 2. The minimum Gasteiger partial charge on any atom is -0.493 e.